The predicted molar refractivity (Wildman–Crippen MR) is 62.5 cm³/mol. The van der Waals surface area contributed by atoms with Crippen LogP contribution in [0.25, 0.3) is 0 Å². The molecule has 0 aliphatic heterocycles. The number of carbonyl (C=O) groups is 1. The van der Waals surface area contributed by atoms with E-state index in [1.807, 2.05) is 0 Å². The number of benzene rings is 1. The van der Waals surface area contributed by atoms with E-state index in [0.29, 0.717) is 30.0 Å². The summed E-state index contributed by atoms with van der Waals surface area (Å²) in [5.41, 5.74) is -0.143. The van der Waals surface area contributed by atoms with E-state index in [4.69, 9.17) is 16.3 Å². The maximum Gasteiger partial charge on any atom is 0.407 e. The average molecular weight is 258 g/mol. The van der Waals surface area contributed by atoms with Gasteiger partial charge in [-0.2, -0.15) is 0 Å². The second kappa shape index (κ2) is 4.53. The van der Waals surface area contributed by atoms with E-state index in [-0.39, 0.29) is 0 Å². The summed E-state index contributed by atoms with van der Waals surface area (Å²) in [6.45, 7) is 2.02. The SMILES string of the molecule is CCOC(=O)NC1(c2ccc(Cl)cc2F)CC1. The van der Waals surface area contributed by atoms with Crippen LogP contribution in [0.15, 0.2) is 18.2 Å². The van der Waals surface area contributed by atoms with Crippen LogP contribution in [0.3, 0.4) is 0 Å². The van der Waals surface area contributed by atoms with Gasteiger partial charge in [0.05, 0.1) is 12.1 Å². The Labute approximate surface area is 104 Å². The molecule has 1 amide bonds. The summed E-state index contributed by atoms with van der Waals surface area (Å²) >= 11 is 5.69. The Morgan fingerprint density at radius 2 is 2.29 bits per heavy atom. The van der Waals surface area contributed by atoms with E-state index >= 15 is 0 Å². The molecule has 1 saturated carbocycles. The summed E-state index contributed by atoms with van der Waals surface area (Å²) in [6, 6.07) is 4.48. The molecule has 1 aromatic carbocycles. The van der Waals surface area contributed by atoms with E-state index in [9.17, 15) is 9.18 Å². The van der Waals surface area contributed by atoms with Gasteiger partial charge in [0.2, 0.25) is 0 Å². The third-order valence-electron chi connectivity index (χ3n) is 2.81. The Balaban J connectivity index is 2.18. The minimum absolute atomic E-state index is 0.297. The predicted octanol–water partition coefficient (Wildman–Crippen LogP) is 3.21. The number of rotatable bonds is 3. The molecule has 1 N–H and O–H groups in total. The summed E-state index contributed by atoms with van der Waals surface area (Å²) in [7, 11) is 0. The van der Waals surface area contributed by atoms with Gasteiger partial charge in [-0.1, -0.05) is 17.7 Å². The summed E-state index contributed by atoms with van der Waals surface area (Å²) in [4.78, 5) is 11.4. The van der Waals surface area contributed by atoms with E-state index < -0.39 is 17.4 Å². The molecule has 3 nitrogen and oxygen atoms in total. The van der Waals surface area contributed by atoms with Crippen molar-refractivity contribution in [2.24, 2.45) is 0 Å². The monoisotopic (exact) mass is 257 g/mol. The molecule has 1 aromatic rings. The fourth-order valence-electron chi connectivity index (χ4n) is 1.83. The zero-order valence-corrected chi connectivity index (χ0v) is 10.2. The van der Waals surface area contributed by atoms with Gasteiger partial charge in [-0.3, -0.25) is 0 Å². The molecule has 0 aromatic heterocycles. The number of carbonyl (C=O) groups excluding carboxylic acids is 1. The van der Waals surface area contributed by atoms with Crippen molar-refractivity contribution in [2.45, 2.75) is 25.3 Å². The molecule has 92 valence electrons. The van der Waals surface area contributed by atoms with Crippen LogP contribution in [-0.2, 0) is 10.3 Å². The van der Waals surface area contributed by atoms with Crippen molar-refractivity contribution in [3.63, 3.8) is 0 Å². The normalized spacial score (nSPS) is 16.4. The highest BCUT2D eigenvalue weighted by Crippen LogP contribution is 2.46. The zero-order chi connectivity index (χ0) is 12.5. The number of nitrogens with one attached hydrogen (secondary N) is 1. The number of halogens is 2. The summed E-state index contributed by atoms with van der Waals surface area (Å²) in [5.74, 6) is -0.396. The van der Waals surface area contributed by atoms with Crippen molar-refractivity contribution in [3.8, 4) is 0 Å². The number of hydrogen-bond donors (Lipinski definition) is 1. The Kier molecular flexibility index (Phi) is 3.24. The number of alkyl carbamates (subject to hydrolysis) is 1. The number of ether oxygens (including phenoxy) is 1. The largest absolute Gasteiger partial charge is 0.450 e. The zero-order valence-electron chi connectivity index (χ0n) is 9.43. The third kappa shape index (κ3) is 2.52. The van der Waals surface area contributed by atoms with Gasteiger partial charge in [0.15, 0.2) is 0 Å². The summed E-state index contributed by atoms with van der Waals surface area (Å²) in [6.07, 6.45) is 0.911. The molecule has 17 heavy (non-hydrogen) atoms. The van der Waals surface area contributed by atoms with Crippen molar-refractivity contribution in [1.29, 1.82) is 0 Å². The molecule has 0 unspecified atom stereocenters. The summed E-state index contributed by atoms with van der Waals surface area (Å²) < 4.78 is 18.6. The van der Waals surface area contributed by atoms with E-state index in [0.717, 1.165) is 0 Å². The van der Waals surface area contributed by atoms with E-state index in [1.165, 1.54) is 6.07 Å². The molecule has 2 rings (SSSR count). The second-order valence-corrected chi connectivity index (χ2v) is 4.49. The highest BCUT2D eigenvalue weighted by Gasteiger charge is 2.47. The first kappa shape index (κ1) is 12.2. The molecule has 0 saturated heterocycles. The molecule has 1 fully saturated rings. The van der Waals surface area contributed by atoms with Crippen LogP contribution >= 0.6 is 11.6 Å². The first-order valence-corrected chi connectivity index (χ1v) is 5.86. The Hall–Kier alpha value is -1.29. The highest BCUT2D eigenvalue weighted by atomic mass is 35.5. The van der Waals surface area contributed by atoms with Crippen LogP contribution < -0.4 is 5.32 Å². The third-order valence-corrected chi connectivity index (χ3v) is 3.05. The molecule has 0 spiro atoms. The smallest absolute Gasteiger partial charge is 0.407 e. The van der Waals surface area contributed by atoms with Gasteiger partial charge in [-0.25, -0.2) is 9.18 Å². The van der Waals surface area contributed by atoms with Gasteiger partial charge in [0, 0.05) is 10.6 Å². The topological polar surface area (TPSA) is 38.3 Å². The number of hydrogen-bond acceptors (Lipinski definition) is 2. The van der Waals surface area contributed by atoms with Gasteiger partial charge in [-0.15, -0.1) is 0 Å². The first-order valence-electron chi connectivity index (χ1n) is 5.48. The molecular weight excluding hydrogens is 245 g/mol. The fourth-order valence-corrected chi connectivity index (χ4v) is 1.99. The van der Waals surface area contributed by atoms with Gasteiger partial charge in [0.1, 0.15) is 5.82 Å². The van der Waals surface area contributed by atoms with Gasteiger partial charge in [0.25, 0.3) is 0 Å². The van der Waals surface area contributed by atoms with Crippen molar-refractivity contribution >= 4 is 17.7 Å². The van der Waals surface area contributed by atoms with Crippen molar-refractivity contribution in [1.82, 2.24) is 5.32 Å². The van der Waals surface area contributed by atoms with Crippen molar-refractivity contribution in [2.75, 3.05) is 6.61 Å². The molecule has 0 heterocycles. The Morgan fingerprint density at radius 3 is 2.82 bits per heavy atom. The second-order valence-electron chi connectivity index (χ2n) is 4.05. The molecule has 0 bridgehead atoms. The first-order chi connectivity index (χ1) is 8.07. The molecule has 0 atom stereocenters. The van der Waals surface area contributed by atoms with E-state index in [2.05, 4.69) is 5.32 Å². The van der Waals surface area contributed by atoms with Crippen molar-refractivity contribution in [3.05, 3.63) is 34.6 Å². The Morgan fingerprint density at radius 1 is 1.59 bits per heavy atom. The summed E-state index contributed by atoms with van der Waals surface area (Å²) in [5, 5.41) is 3.05. The lowest BCUT2D eigenvalue weighted by atomic mass is 10.0. The van der Waals surface area contributed by atoms with E-state index in [1.54, 1.807) is 19.1 Å². The number of amides is 1. The average Bonchev–Trinajstić information content (AvgIpc) is 2.98. The van der Waals surface area contributed by atoms with Crippen LogP contribution in [0.4, 0.5) is 9.18 Å². The molecular formula is C12H13ClFNO2. The fraction of sp³-hybridized carbons (Fsp3) is 0.417. The van der Waals surface area contributed by atoms with Crippen LogP contribution in [0.2, 0.25) is 5.02 Å². The minimum atomic E-state index is -0.610. The van der Waals surface area contributed by atoms with Gasteiger partial charge >= 0.3 is 6.09 Å². The lowest BCUT2D eigenvalue weighted by Crippen LogP contribution is -2.35. The van der Waals surface area contributed by atoms with Crippen molar-refractivity contribution < 1.29 is 13.9 Å². The van der Waals surface area contributed by atoms with Crippen LogP contribution in [0, 0.1) is 5.82 Å². The molecule has 1 aliphatic rings. The maximum absolute atomic E-state index is 13.7. The highest BCUT2D eigenvalue weighted by molar-refractivity contribution is 6.30. The quantitative estimate of drug-likeness (QED) is 0.903. The molecule has 0 radical (unpaired) electrons. The molecule has 1 aliphatic carbocycles. The standard InChI is InChI=1S/C12H13ClFNO2/c1-2-17-11(16)15-12(5-6-12)9-4-3-8(13)7-10(9)14/h3-4,7H,2,5-6H2,1H3,(H,15,16). The lowest BCUT2D eigenvalue weighted by Gasteiger charge is -2.18. The lowest BCUT2D eigenvalue weighted by molar-refractivity contribution is 0.146. The van der Waals surface area contributed by atoms with Crippen LogP contribution in [0.1, 0.15) is 25.3 Å². The Bertz CT molecular complexity index is 446. The maximum atomic E-state index is 13.7. The van der Waals surface area contributed by atoms with Gasteiger partial charge < -0.3 is 10.1 Å². The van der Waals surface area contributed by atoms with Crippen LogP contribution in [0.5, 0.6) is 0 Å². The minimum Gasteiger partial charge on any atom is -0.450 e. The van der Waals surface area contributed by atoms with Gasteiger partial charge in [-0.05, 0) is 31.9 Å². The van der Waals surface area contributed by atoms with Crippen LogP contribution in [-0.4, -0.2) is 12.7 Å². The molecule has 5 heteroatoms.